The zero-order valence-electron chi connectivity index (χ0n) is 14.2. The lowest BCUT2D eigenvalue weighted by Crippen LogP contribution is -2.61. The van der Waals surface area contributed by atoms with E-state index < -0.39 is 5.66 Å². The Labute approximate surface area is 135 Å². The van der Waals surface area contributed by atoms with Crippen LogP contribution in [0.2, 0.25) is 0 Å². The summed E-state index contributed by atoms with van der Waals surface area (Å²) in [5.41, 5.74) is 15.8. The molecule has 0 heterocycles. The highest BCUT2D eigenvalue weighted by Gasteiger charge is 2.42. The Kier molecular flexibility index (Phi) is 5.25. The summed E-state index contributed by atoms with van der Waals surface area (Å²) in [4.78, 5) is 0. The maximum absolute atomic E-state index is 6.38. The van der Waals surface area contributed by atoms with E-state index >= 15 is 0 Å². The van der Waals surface area contributed by atoms with E-state index in [9.17, 15) is 0 Å². The van der Waals surface area contributed by atoms with E-state index in [1.807, 2.05) is 6.08 Å². The fraction of sp³-hybridized carbons (Fsp3) is 0.500. The number of allylic oxidation sites excluding steroid dienone is 2. The molecule has 0 bridgehead atoms. The van der Waals surface area contributed by atoms with Crippen molar-refractivity contribution in [2.24, 2.45) is 16.9 Å². The summed E-state index contributed by atoms with van der Waals surface area (Å²) in [5, 5.41) is 0. The summed E-state index contributed by atoms with van der Waals surface area (Å²) in [6.45, 7) is 6.58. The predicted octanol–water partition coefficient (Wildman–Crippen LogP) is 4.40. The molecule has 2 heteroatoms. The van der Waals surface area contributed by atoms with Gasteiger partial charge in [0.15, 0.2) is 0 Å². The minimum atomic E-state index is -0.766. The van der Waals surface area contributed by atoms with Gasteiger partial charge in [-0.2, -0.15) is 0 Å². The van der Waals surface area contributed by atoms with E-state index in [1.54, 1.807) is 0 Å². The first kappa shape index (κ1) is 17.0. The van der Waals surface area contributed by atoms with Crippen LogP contribution in [0.5, 0.6) is 0 Å². The molecule has 1 aromatic carbocycles. The minimum absolute atomic E-state index is 0.172. The molecule has 0 aromatic heterocycles. The second-order valence-corrected chi connectivity index (χ2v) is 6.49. The van der Waals surface area contributed by atoms with Gasteiger partial charge in [0, 0.05) is 5.41 Å². The molecule has 0 saturated heterocycles. The fourth-order valence-electron chi connectivity index (χ4n) is 3.49. The molecule has 22 heavy (non-hydrogen) atoms. The Morgan fingerprint density at radius 1 is 1.00 bits per heavy atom. The van der Waals surface area contributed by atoms with Gasteiger partial charge in [-0.25, -0.2) is 0 Å². The summed E-state index contributed by atoms with van der Waals surface area (Å²) in [6.07, 6.45) is 11.9. The molecule has 0 atom stereocenters. The van der Waals surface area contributed by atoms with Crippen LogP contribution >= 0.6 is 0 Å². The third-order valence-electron chi connectivity index (χ3n) is 5.22. The first-order chi connectivity index (χ1) is 10.5. The zero-order valence-corrected chi connectivity index (χ0v) is 14.2. The minimum Gasteiger partial charge on any atom is -0.309 e. The van der Waals surface area contributed by atoms with Crippen LogP contribution in [-0.2, 0) is 6.42 Å². The van der Waals surface area contributed by atoms with Crippen LogP contribution in [0.15, 0.2) is 42.5 Å². The molecule has 1 aliphatic carbocycles. The fourth-order valence-corrected chi connectivity index (χ4v) is 3.49. The van der Waals surface area contributed by atoms with Gasteiger partial charge in [0.1, 0.15) is 0 Å². The lowest BCUT2D eigenvalue weighted by atomic mass is 9.67. The quantitative estimate of drug-likeness (QED) is 0.765. The van der Waals surface area contributed by atoms with Gasteiger partial charge in [-0.1, -0.05) is 63.6 Å². The summed E-state index contributed by atoms with van der Waals surface area (Å²) in [5.74, 6) is 0. The van der Waals surface area contributed by atoms with Crippen molar-refractivity contribution < 1.29 is 0 Å². The van der Waals surface area contributed by atoms with Crippen LogP contribution < -0.4 is 11.5 Å². The standard InChI is InChI=1S/C20H30N2/c1-4-7-10-16-11-8-9-12-18(16)17-13-14-20(21,22)19(5-2,6-3)15-17/h8-9,11-15H,4-7,10,21-22H2,1-3H3. The molecule has 0 amide bonds. The number of hydrogen-bond donors (Lipinski definition) is 2. The van der Waals surface area contributed by atoms with Crippen molar-refractivity contribution >= 4 is 5.57 Å². The Bertz CT molecular complexity index is 563. The van der Waals surface area contributed by atoms with Crippen LogP contribution in [-0.4, -0.2) is 5.66 Å². The van der Waals surface area contributed by atoms with Gasteiger partial charge in [-0.05, 0) is 48.5 Å². The van der Waals surface area contributed by atoms with Crippen molar-refractivity contribution in [2.45, 2.75) is 58.5 Å². The van der Waals surface area contributed by atoms with E-state index in [-0.39, 0.29) is 5.41 Å². The smallest absolute Gasteiger partial charge is 0.0924 e. The SMILES string of the molecule is CCCCc1ccccc1C1=CC(CC)(CC)C(N)(N)C=C1. The van der Waals surface area contributed by atoms with Crippen molar-refractivity contribution in [3.05, 3.63) is 53.6 Å². The van der Waals surface area contributed by atoms with E-state index in [1.165, 1.54) is 29.5 Å². The topological polar surface area (TPSA) is 52.0 Å². The molecule has 0 radical (unpaired) electrons. The second kappa shape index (κ2) is 6.80. The van der Waals surface area contributed by atoms with Crippen molar-refractivity contribution in [2.75, 3.05) is 0 Å². The molecule has 0 unspecified atom stereocenters. The molecule has 0 aliphatic heterocycles. The van der Waals surface area contributed by atoms with E-state index in [2.05, 4.69) is 57.2 Å². The highest BCUT2D eigenvalue weighted by molar-refractivity contribution is 5.78. The molecule has 0 saturated carbocycles. The zero-order chi connectivity index (χ0) is 16.2. The molecule has 1 aliphatic rings. The average Bonchev–Trinajstić information content (AvgIpc) is 2.53. The van der Waals surface area contributed by atoms with Gasteiger partial charge in [-0.15, -0.1) is 0 Å². The van der Waals surface area contributed by atoms with Gasteiger partial charge in [0.2, 0.25) is 0 Å². The van der Waals surface area contributed by atoms with Gasteiger partial charge in [-0.3, -0.25) is 0 Å². The predicted molar refractivity (Wildman–Crippen MR) is 96.3 cm³/mol. The van der Waals surface area contributed by atoms with Crippen LogP contribution in [0.25, 0.3) is 5.57 Å². The molecule has 2 rings (SSSR count). The van der Waals surface area contributed by atoms with E-state index in [4.69, 9.17) is 11.5 Å². The third-order valence-corrected chi connectivity index (χ3v) is 5.22. The number of aryl methyl sites for hydroxylation is 1. The normalized spacial score (nSPS) is 19.0. The van der Waals surface area contributed by atoms with Gasteiger partial charge in [0.05, 0.1) is 5.66 Å². The summed E-state index contributed by atoms with van der Waals surface area (Å²) in [7, 11) is 0. The Morgan fingerprint density at radius 2 is 1.68 bits per heavy atom. The monoisotopic (exact) mass is 298 g/mol. The Hall–Kier alpha value is -1.38. The van der Waals surface area contributed by atoms with Gasteiger partial charge in [0.25, 0.3) is 0 Å². The summed E-state index contributed by atoms with van der Waals surface area (Å²) >= 11 is 0. The van der Waals surface area contributed by atoms with Crippen molar-refractivity contribution in [3.8, 4) is 0 Å². The molecular weight excluding hydrogens is 268 g/mol. The Morgan fingerprint density at radius 3 is 2.32 bits per heavy atom. The van der Waals surface area contributed by atoms with Crippen molar-refractivity contribution in [1.29, 1.82) is 0 Å². The molecule has 0 spiro atoms. The number of benzene rings is 1. The first-order valence-corrected chi connectivity index (χ1v) is 8.57. The molecule has 1 aromatic rings. The van der Waals surface area contributed by atoms with E-state index in [0.29, 0.717) is 0 Å². The average molecular weight is 298 g/mol. The lowest BCUT2D eigenvalue weighted by Gasteiger charge is -2.44. The van der Waals surface area contributed by atoms with Crippen LogP contribution in [0, 0.1) is 5.41 Å². The van der Waals surface area contributed by atoms with Gasteiger partial charge >= 0.3 is 0 Å². The molecular formula is C20H30N2. The van der Waals surface area contributed by atoms with Crippen LogP contribution in [0.1, 0.15) is 57.6 Å². The van der Waals surface area contributed by atoms with Crippen LogP contribution in [0.3, 0.4) is 0 Å². The summed E-state index contributed by atoms with van der Waals surface area (Å²) in [6, 6.07) is 8.71. The second-order valence-electron chi connectivity index (χ2n) is 6.49. The molecule has 4 N–H and O–H groups in total. The third kappa shape index (κ3) is 3.04. The number of rotatable bonds is 6. The largest absolute Gasteiger partial charge is 0.309 e. The van der Waals surface area contributed by atoms with Crippen molar-refractivity contribution in [3.63, 3.8) is 0 Å². The van der Waals surface area contributed by atoms with Crippen LogP contribution in [0.4, 0.5) is 0 Å². The molecule has 120 valence electrons. The lowest BCUT2D eigenvalue weighted by molar-refractivity contribution is 0.214. The maximum atomic E-state index is 6.38. The van der Waals surface area contributed by atoms with Gasteiger partial charge < -0.3 is 11.5 Å². The number of hydrogen-bond acceptors (Lipinski definition) is 2. The number of nitrogens with two attached hydrogens (primary N) is 2. The maximum Gasteiger partial charge on any atom is 0.0924 e. The van der Waals surface area contributed by atoms with E-state index in [0.717, 1.165) is 19.3 Å². The Balaban J connectivity index is 2.45. The number of unbranched alkanes of at least 4 members (excludes halogenated alkanes) is 1. The first-order valence-electron chi connectivity index (χ1n) is 8.57. The highest BCUT2D eigenvalue weighted by Crippen LogP contribution is 2.43. The molecule has 2 nitrogen and oxygen atoms in total. The molecule has 0 fully saturated rings. The van der Waals surface area contributed by atoms with Crippen molar-refractivity contribution in [1.82, 2.24) is 0 Å². The summed E-state index contributed by atoms with van der Waals surface area (Å²) < 4.78 is 0. The highest BCUT2D eigenvalue weighted by atomic mass is 15.0.